The lowest BCUT2D eigenvalue weighted by Crippen LogP contribution is -2.13. The van der Waals surface area contributed by atoms with Crippen molar-refractivity contribution >= 4 is 40.9 Å². The molecule has 1 N–H and O–H groups in total. The molecular weight excluding hydrogens is 331 g/mol. The molecule has 0 fully saturated rings. The van der Waals surface area contributed by atoms with Gasteiger partial charge in [-0.3, -0.25) is 4.79 Å². The van der Waals surface area contributed by atoms with Gasteiger partial charge in [0.15, 0.2) is 0 Å². The zero-order valence-electron chi connectivity index (χ0n) is 12.7. The normalized spacial score (nSPS) is 11.0. The van der Waals surface area contributed by atoms with Gasteiger partial charge >= 0.3 is 0 Å². The van der Waals surface area contributed by atoms with Gasteiger partial charge in [0, 0.05) is 15.7 Å². The van der Waals surface area contributed by atoms with Crippen molar-refractivity contribution in [3.05, 3.63) is 68.7 Å². The lowest BCUT2D eigenvalue weighted by molar-refractivity contribution is -0.112. The van der Waals surface area contributed by atoms with E-state index in [0.29, 0.717) is 21.3 Å². The van der Waals surface area contributed by atoms with Crippen molar-refractivity contribution in [2.24, 2.45) is 0 Å². The highest BCUT2D eigenvalue weighted by Gasteiger charge is 2.11. The molecule has 0 spiro atoms. The maximum Gasteiger partial charge on any atom is 0.266 e. The van der Waals surface area contributed by atoms with Gasteiger partial charge in [-0.25, -0.2) is 0 Å². The lowest BCUT2D eigenvalue weighted by Gasteiger charge is -2.07. The summed E-state index contributed by atoms with van der Waals surface area (Å²) in [6.07, 6.45) is 1.44. The van der Waals surface area contributed by atoms with Crippen LogP contribution in [0.4, 0.5) is 5.69 Å². The molecule has 1 amide bonds. The molecule has 116 valence electrons. The molecule has 3 nitrogen and oxygen atoms in total. The van der Waals surface area contributed by atoms with E-state index < -0.39 is 5.91 Å². The van der Waals surface area contributed by atoms with Crippen molar-refractivity contribution in [1.29, 1.82) is 5.26 Å². The topological polar surface area (TPSA) is 52.9 Å². The molecule has 2 aromatic rings. The number of carbonyl (C=O) groups is 1. The fraction of sp³-hybridized carbons (Fsp3) is 0.111. The molecule has 0 aliphatic carbocycles. The van der Waals surface area contributed by atoms with Gasteiger partial charge in [-0.05, 0) is 60.9 Å². The Morgan fingerprint density at radius 2 is 1.78 bits per heavy atom. The van der Waals surface area contributed by atoms with Gasteiger partial charge in [-0.1, -0.05) is 35.3 Å². The second-order valence-corrected chi connectivity index (χ2v) is 6.01. The van der Waals surface area contributed by atoms with Crippen LogP contribution in [0.2, 0.25) is 10.0 Å². The standard InChI is InChI=1S/C18H14Cl2N2O/c1-11-5-12(2)7-16(6-11)22-18(23)14(10-21)8-13-3-4-15(19)9-17(13)20/h3-9H,1-2H3,(H,22,23). The van der Waals surface area contributed by atoms with Crippen LogP contribution in [0, 0.1) is 25.2 Å². The highest BCUT2D eigenvalue weighted by atomic mass is 35.5. The third-order valence-corrected chi connectivity index (χ3v) is 3.67. The second-order valence-electron chi connectivity index (χ2n) is 5.17. The molecule has 0 atom stereocenters. The van der Waals surface area contributed by atoms with E-state index in [9.17, 15) is 10.1 Å². The molecule has 2 aromatic carbocycles. The minimum atomic E-state index is -0.483. The van der Waals surface area contributed by atoms with Crippen molar-refractivity contribution in [1.82, 2.24) is 0 Å². The first kappa shape index (κ1) is 17.1. The van der Waals surface area contributed by atoms with Crippen LogP contribution in [0.1, 0.15) is 16.7 Å². The molecule has 0 unspecified atom stereocenters. The van der Waals surface area contributed by atoms with Crippen molar-refractivity contribution in [2.45, 2.75) is 13.8 Å². The van der Waals surface area contributed by atoms with Gasteiger partial charge in [0.2, 0.25) is 0 Å². The van der Waals surface area contributed by atoms with Gasteiger partial charge < -0.3 is 5.32 Å². The summed E-state index contributed by atoms with van der Waals surface area (Å²) in [6.45, 7) is 3.88. The van der Waals surface area contributed by atoms with Gasteiger partial charge in [-0.2, -0.15) is 5.26 Å². The molecule has 0 aliphatic rings. The number of halogens is 2. The summed E-state index contributed by atoms with van der Waals surface area (Å²) in [5.41, 5.74) is 3.24. The number of aryl methyl sites for hydroxylation is 2. The Kier molecular flexibility index (Phi) is 5.44. The monoisotopic (exact) mass is 344 g/mol. The van der Waals surface area contributed by atoms with Crippen LogP contribution in [0.15, 0.2) is 42.0 Å². The van der Waals surface area contributed by atoms with E-state index >= 15 is 0 Å². The van der Waals surface area contributed by atoms with E-state index in [1.165, 1.54) is 6.08 Å². The molecule has 5 heteroatoms. The second kappa shape index (κ2) is 7.32. The van der Waals surface area contributed by atoms with Gasteiger partial charge in [0.1, 0.15) is 11.6 Å². The van der Waals surface area contributed by atoms with E-state index in [1.54, 1.807) is 18.2 Å². The number of nitriles is 1. The largest absolute Gasteiger partial charge is 0.321 e. The molecule has 23 heavy (non-hydrogen) atoms. The molecule has 0 aromatic heterocycles. The molecule has 0 saturated heterocycles. The summed E-state index contributed by atoms with van der Waals surface area (Å²) >= 11 is 11.9. The van der Waals surface area contributed by atoms with Crippen molar-refractivity contribution in [3.63, 3.8) is 0 Å². The molecule has 0 aliphatic heterocycles. The number of anilines is 1. The molecule has 0 saturated carbocycles. The number of benzene rings is 2. The van der Waals surface area contributed by atoms with Crippen molar-refractivity contribution in [2.75, 3.05) is 5.32 Å². The van der Waals surface area contributed by atoms with E-state index in [4.69, 9.17) is 23.2 Å². The van der Waals surface area contributed by atoms with Gasteiger partial charge in [-0.15, -0.1) is 0 Å². The van der Waals surface area contributed by atoms with E-state index in [1.807, 2.05) is 38.1 Å². The van der Waals surface area contributed by atoms with Crippen LogP contribution in [0.5, 0.6) is 0 Å². The highest BCUT2D eigenvalue weighted by Crippen LogP contribution is 2.23. The van der Waals surface area contributed by atoms with Crippen LogP contribution in [0.3, 0.4) is 0 Å². The Morgan fingerprint density at radius 3 is 2.35 bits per heavy atom. The molecular formula is C18H14Cl2N2O. The Balaban J connectivity index is 2.28. The summed E-state index contributed by atoms with van der Waals surface area (Å²) in [7, 11) is 0. The number of hydrogen-bond donors (Lipinski definition) is 1. The van der Waals surface area contributed by atoms with Crippen LogP contribution in [-0.2, 0) is 4.79 Å². The maximum atomic E-state index is 12.3. The van der Waals surface area contributed by atoms with Crippen LogP contribution < -0.4 is 5.32 Å². The first-order valence-electron chi connectivity index (χ1n) is 6.85. The maximum absolute atomic E-state index is 12.3. The molecule has 0 radical (unpaired) electrons. The average Bonchev–Trinajstić information content (AvgIpc) is 2.45. The minimum absolute atomic E-state index is 0.0339. The number of nitrogens with one attached hydrogen (secondary N) is 1. The van der Waals surface area contributed by atoms with Gasteiger partial charge in [0.25, 0.3) is 5.91 Å². The summed E-state index contributed by atoms with van der Waals surface area (Å²) < 4.78 is 0. The number of amides is 1. The minimum Gasteiger partial charge on any atom is -0.321 e. The highest BCUT2D eigenvalue weighted by molar-refractivity contribution is 6.35. The lowest BCUT2D eigenvalue weighted by atomic mass is 10.1. The van der Waals surface area contributed by atoms with Crippen LogP contribution >= 0.6 is 23.2 Å². The fourth-order valence-corrected chi connectivity index (χ4v) is 2.63. The number of carbonyl (C=O) groups excluding carboxylic acids is 1. The van der Waals surface area contributed by atoms with Crippen molar-refractivity contribution in [3.8, 4) is 6.07 Å². The summed E-state index contributed by atoms with van der Waals surface area (Å²) in [5.74, 6) is -0.483. The predicted molar refractivity (Wildman–Crippen MR) is 94.6 cm³/mol. The fourth-order valence-electron chi connectivity index (χ4n) is 2.17. The number of nitrogens with zero attached hydrogens (tertiary/aromatic N) is 1. The Hall–Kier alpha value is -2.28. The third kappa shape index (κ3) is 4.59. The quantitative estimate of drug-likeness (QED) is 0.617. The molecule has 0 heterocycles. The summed E-state index contributed by atoms with van der Waals surface area (Å²) in [5, 5.41) is 12.8. The zero-order chi connectivity index (χ0) is 17.0. The smallest absolute Gasteiger partial charge is 0.266 e. The van der Waals surface area contributed by atoms with E-state index in [-0.39, 0.29) is 5.57 Å². The molecule has 0 bridgehead atoms. The summed E-state index contributed by atoms with van der Waals surface area (Å²) in [4.78, 5) is 12.3. The average molecular weight is 345 g/mol. The number of rotatable bonds is 3. The SMILES string of the molecule is Cc1cc(C)cc(NC(=O)C(C#N)=Cc2ccc(Cl)cc2Cl)c1. The summed E-state index contributed by atoms with van der Waals surface area (Å²) in [6, 6.07) is 12.5. The van der Waals surface area contributed by atoms with Gasteiger partial charge in [0.05, 0.1) is 0 Å². The first-order chi connectivity index (χ1) is 10.9. The number of hydrogen-bond acceptors (Lipinski definition) is 2. The van der Waals surface area contributed by atoms with Crippen molar-refractivity contribution < 1.29 is 4.79 Å². The molecule has 2 rings (SSSR count). The zero-order valence-corrected chi connectivity index (χ0v) is 14.2. The van der Waals surface area contributed by atoms with E-state index in [0.717, 1.165) is 11.1 Å². The predicted octanol–water partition coefficient (Wildman–Crippen LogP) is 5.16. The Morgan fingerprint density at radius 1 is 1.13 bits per heavy atom. The van der Waals surface area contributed by atoms with E-state index in [2.05, 4.69) is 5.32 Å². The van der Waals surface area contributed by atoms with Crippen LogP contribution in [0.25, 0.3) is 6.08 Å². The van der Waals surface area contributed by atoms with Crippen LogP contribution in [-0.4, -0.2) is 5.91 Å². The third-order valence-electron chi connectivity index (χ3n) is 3.11. The Labute approximate surface area is 145 Å². The first-order valence-corrected chi connectivity index (χ1v) is 7.61. The Bertz CT molecular complexity index is 815.